The molecule has 0 aromatic heterocycles. The van der Waals surface area contributed by atoms with Gasteiger partial charge in [-0.05, 0) is 47.6 Å². The van der Waals surface area contributed by atoms with E-state index >= 15 is 0 Å². The number of halogens is 1. The molecule has 0 bridgehead atoms. The third-order valence-electron chi connectivity index (χ3n) is 7.47. The molecule has 1 heterocycles. The molecule has 0 saturated heterocycles. The highest BCUT2D eigenvalue weighted by Crippen LogP contribution is 2.54. The van der Waals surface area contributed by atoms with Crippen LogP contribution in [0.1, 0.15) is 71.8 Å². The maximum Gasteiger partial charge on any atom is 0.339 e. The Hall–Kier alpha value is -3.10. The van der Waals surface area contributed by atoms with Gasteiger partial charge < -0.3 is 13.7 Å². The van der Waals surface area contributed by atoms with Crippen molar-refractivity contribution in [1.29, 1.82) is 0 Å². The lowest BCUT2D eigenvalue weighted by atomic mass is 9.65. The van der Waals surface area contributed by atoms with E-state index < -0.39 is 16.0 Å². The highest BCUT2D eigenvalue weighted by molar-refractivity contribution is 7.87. The number of allylic oxidation sites excluding steroid dienone is 4. The first-order chi connectivity index (χ1) is 18.7. The second-order valence-corrected chi connectivity index (χ2v) is 14.2. The van der Waals surface area contributed by atoms with Gasteiger partial charge in [0.05, 0.1) is 11.6 Å². The highest BCUT2D eigenvalue weighted by Gasteiger charge is 2.48. The van der Waals surface area contributed by atoms with E-state index in [4.69, 9.17) is 25.3 Å². The Bertz CT molecular complexity index is 1510. The van der Waals surface area contributed by atoms with Crippen LogP contribution in [0.2, 0.25) is 5.02 Å². The molecule has 0 N–H and O–H groups in total. The molecule has 7 nitrogen and oxygen atoms in total. The van der Waals surface area contributed by atoms with Gasteiger partial charge >= 0.3 is 10.1 Å². The van der Waals surface area contributed by atoms with Crippen LogP contribution in [0.15, 0.2) is 70.0 Å². The zero-order valence-electron chi connectivity index (χ0n) is 23.3. The lowest BCUT2D eigenvalue weighted by Gasteiger charge is -2.42. The van der Waals surface area contributed by atoms with Crippen LogP contribution in [-0.4, -0.2) is 26.6 Å². The van der Waals surface area contributed by atoms with Gasteiger partial charge in [-0.25, -0.2) is 0 Å². The van der Waals surface area contributed by atoms with Crippen molar-refractivity contribution in [3.05, 3.63) is 75.7 Å². The van der Waals surface area contributed by atoms with Crippen molar-refractivity contribution in [1.82, 2.24) is 0 Å². The monoisotopic (exact) mass is 584 g/mol. The van der Waals surface area contributed by atoms with Gasteiger partial charge in [0.2, 0.25) is 5.75 Å². The number of benzene rings is 2. The van der Waals surface area contributed by atoms with Crippen LogP contribution in [0.25, 0.3) is 0 Å². The average molecular weight is 585 g/mol. The first-order valence-electron chi connectivity index (χ1n) is 13.4. The second kappa shape index (κ2) is 10.1. The minimum absolute atomic E-state index is 0.0107. The predicted octanol–water partition coefficient (Wildman–Crippen LogP) is 6.91. The first-order valence-corrected chi connectivity index (χ1v) is 15.2. The topological polar surface area (TPSA) is 96.0 Å². The van der Waals surface area contributed by atoms with Crippen LogP contribution in [0.3, 0.4) is 0 Å². The van der Waals surface area contributed by atoms with Gasteiger partial charge in [0.1, 0.15) is 16.4 Å². The van der Waals surface area contributed by atoms with Crippen LogP contribution in [-0.2, 0) is 24.4 Å². The predicted molar refractivity (Wildman–Crippen MR) is 151 cm³/mol. The Morgan fingerprint density at radius 3 is 1.98 bits per heavy atom. The third kappa shape index (κ3) is 5.31. The van der Waals surface area contributed by atoms with Crippen molar-refractivity contribution in [2.75, 3.05) is 6.61 Å². The van der Waals surface area contributed by atoms with Crippen LogP contribution in [0, 0.1) is 10.8 Å². The lowest BCUT2D eigenvalue weighted by molar-refractivity contribution is -0.120. The molecule has 40 heavy (non-hydrogen) atoms. The average Bonchev–Trinajstić information content (AvgIpc) is 2.84. The molecule has 0 spiro atoms. The van der Waals surface area contributed by atoms with E-state index in [0.717, 1.165) is 0 Å². The Balaban J connectivity index is 1.67. The number of carbonyl (C=O) groups is 2. The molecule has 5 rings (SSSR count). The molecule has 2 aromatic rings. The second-order valence-electron chi connectivity index (χ2n) is 12.2. The molecule has 0 fully saturated rings. The number of ketones is 2. The summed E-state index contributed by atoms with van der Waals surface area (Å²) >= 11 is 6.69. The van der Waals surface area contributed by atoms with E-state index in [0.29, 0.717) is 53.9 Å². The van der Waals surface area contributed by atoms with Gasteiger partial charge in [0.25, 0.3) is 0 Å². The summed E-state index contributed by atoms with van der Waals surface area (Å²) in [5.74, 6) is 0.241. The summed E-state index contributed by atoms with van der Waals surface area (Å²) in [5, 5.41) is -0.0107. The van der Waals surface area contributed by atoms with Crippen molar-refractivity contribution in [3.63, 3.8) is 0 Å². The van der Waals surface area contributed by atoms with Gasteiger partial charge in [-0.3, -0.25) is 9.59 Å². The molecule has 0 atom stereocenters. The van der Waals surface area contributed by atoms with Crippen LogP contribution < -0.4 is 8.92 Å². The zero-order chi connectivity index (χ0) is 29.0. The lowest BCUT2D eigenvalue weighted by Crippen LogP contribution is -2.37. The molecule has 2 aromatic carbocycles. The quantitative estimate of drug-likeness (QED) is 0.340. The van der Waals surface area contributed by atoms with Gasteiger partial charge in [-0.2, -0.15) is 8.42 Å². The molecule has 1 aliphatic heterocycles. The zero-order valence-corrected chi connectivity index (χ0v) is 24.9. The van der Waals surface area contributed by atoms with Crippen molar-refractivity contribution < 1.29 is 31.7 Å². The van der Waals surface area contributed by atoms with E-state index in [-0.39, 0.29) is 50.4 Å². The third-order valence-corrected chi connectivity index (χ3v) is 8.99. The SMILES string of the molecule is CCOc1cc(C2C3=C(CC(C)(C)CC3=O)OC3=C2C(=O)CC(C)(C)C3)cc(Cl)c1OS(=O)(=O)c1ccccc1. The van der Waals surface area contributed by atoms with E-state index in [2.05, 4.69) is 0 Å². The van der Waals surface area contributed by atoms with Crippen molar-refractivity contribution in [2.24, 2.45) is 10.8 Å². The van der Waals surface area contributed by atoms with Crippen LogP contribution in [0.4, 0.5) is 0 Å². The standard InChI is InChI=1S/C31H33ClO7S/c1-6-37-23-13-18(12-20(32)29(23)39-40(35,36)19-10-8-7-9-11-19)26-27-21(33)14-30(2,3)16-24(27)38-25-17-31(4,5)15-22(34)28(25)26/h7-13,26H,6,14-17H2,1-5H3. The first kappa shape index (κ1) is 28.4. The largest absolute Gasteiger partial charge is 0.490 e. The molecule has 0 unspecified atom stereocenters. The summed E-state index contributed by atoms with van der Waals surface area (Å²) in [6.07, 6.45) is 1.74. The number of rotatable bonds is 6. The van der Waals surface area contributed by atoms with Crippen LogP contribution >= 0.6 is 11.6 Å². The van der Waals surface area contributed by atoms with Gasteiger partial charge in [0.15, 0.2) is 17.3 Å². The molecule has 3 aliphatic rings. The fourth-order valence-electron chi connectivity index (χ4n) is 5.85. The fraction of sp³-hybridized carbons (Fsp3) is 0.419. The van der Waals surface area contributed by atoms with E-state index in [9.17, 15) is 18.0 Å². The maximum absolute atomic E-state index is 13.6. The fourth-order valence-corrected chi connectivity index (χ4v) is 7.13. The Morgan fingerprint density at radius 2 is 1.45 bits per heavy atom. The molecule has 212 valence electrons. The maximum atomic E-state index is 13.6. The minimum Gasteiger partial charge on any atom is -0.490 e. The van der Waals surface area contributed by atoms with E-state index in [1.54, 1.807) is 37.3 Å². The molecule has 0 radical (unpaired) electrons. The van der Waals surface area contributed by atoms with Gasteiger partial charge in [0, 0.05) is 42.7 Å². The van der Waals surface area contributed by atoms with Crippen molar-refractivity contribution >= 4 is 33.3 Å². The van der Waals surface area contributed by atoms with Crippen molar-refractivity contribution in [3.8, 4) is 11.5 Å². The Morgan fingerprint density at radius 1 is 0.900 bits per heavy atom. The van der Waals surface area contributed by atoms with E-state index in [1.165, 1.54) is 12.1 Å². The summed E-state index contributed by atoms with van der Waals surface area (Å²) in [5.41, 5.74) is 0.877. The highest BCUT2D eigenvalue weighted by atomic mass is 35.5. The number of hydrogen-bond donors (Lipinski definition) is 0. The number of hydrogen-bond acceptors (Lipinski definition) is 7. The summed E-state index contributed by atoms with van der Waals surface area (Å²) < 4.78 is 43.7. The smallest absolute Gasteiger partial charge is 0.339 e. The summed E-state index contributed by atoms with van der Waals surface area (Å²) in [6.45, 7) is 10.1. The van der Waals surface area contributed by atoms with E-state index in [1.807, 2.05) is 27.7 Å². The number of ether oxygens (including phenoxy) is 2. The Labute approximate surface area is 240 Å². The normalized spacial score (nSPS) is 20.6. The number of carbonyl (C=O) groups excluding carboxylic acids is 2. The summed E-state index contributed by atoms with van der Waals surface area (Å²) in [6, 6.07) is 10.9. The molecule has 0 saturated carbocycles. The summed E-state index contributed by atoms with van der Waals surface area (Å²) in [4.78, 5) is 27.2. The molecule has 0 amide bonds. The Kier molecular flexibility index (Phi) is 7.16. The number of Topliss-reactive ketones (excluding diaryl/α,β-unsaturated/α-hetero) is 2. The minimum atomic E-state index is -4.21. The van der Waals surface area contributed by atoms with Gasteiger partial charge in [-0.15, -0.1) is 0 Å². The molecular formula is C31H33ClO7S. The van der Waals surface area contributed by atoms with Crippen LogP contribution in [0.5, 0.6) is 11.5 Å². The molecule has 9 heteroatoms. The van der Waals surface area contributed by atoms with Gasteiger partial charge in [-0.1, -0.05) is 57.5 Å². The summed E-state index contributed by atoms with van der Waals surface area (Å²) in [7, 11) is -4.21. The molecule has 2 aliphatic carbocycles. The van der Waals surface area contributed by atoms with Crippen molar-refractivity contribution in [2.45, 2.75) is 71.1 Å². The molecular weight excluding hydrogens is 552 g/mol.